The van der Waals surface area contributed by atoms with E-state index in [-0.39, 0.29) is 11.9 Å². The summed E-state index contributed by atoms with van der Waals surface area (Å²) in [5.74, 6) is 0.589. The van der Waals surface area contributed by atoms with Gasteiger partial charge in [-0.25, -0.2) is 0 Å². The largest absolute Gasteiger partial charge is 0.497 e. The second-order valence-corrected chi connectivity index (χ2v) is 6.38. The number of ether oxygens (including phenoxy) is 1. The first kappa shape index (κ1) is 17.7. The van der Waals surface area contributed by atoms with Crippen LogP contribution in [0.3, 0.4) is 0 Å². The Bertz CT molecular complexity index is 895. The molecule has 0 saturated heterocycles. The van der Waals surface area contributed by atoms with Gasteiger partial charge in [-0.15, -0.1) is 0 Å². The lowest BCUT2D eigenvalue weighted by molar-refractivity contribution is 0.0930. The molecule has 0 saturated carbocycles. The van der Waals surface area contributed by atoms with E-state index in [0.29, 0.717) is 17.9 Å². The van der Waals surface area contributed by atoms with Crippen LogP contribution < -0.4 is 10.1 Å². The molecule has 0 aliphatic rings. The molecular formula is C19H23N5O2. The number of H-pyrrole nitrogens is 1. The van der Waals surface area contributed by atoms with Crippen molar-refractivity contribution in [3.63, 3.8) is 0 Å². The number of nitrogens with zero attached hydrogens (tertiary/aromatic N) is 3. The Kier molecular flexibility index (Phi) is 5.06. The number of aryl methyl sites for hydroxylation is 2. The van der Waals surface area contributed by atoms with Gasteiger partial charge < -0.3 is 10.1 Å². The van der Waals surface area contributed by atoms with Crippen LogP contribution in [0.25, 0.3) is 11.3 Å². The zero-order valence-electron chi connectivity index (χ0n) is 15.4. The van der Waals surface area contributed by atoms with Gasteiger partial charge in [-0.1, -0.05) is 0 Å². The number of carbonyl (C=O) groups is 1. The van der Waals surface area contributed by atoms with E-state index in [4.69, 9.17) is 4.74 Å². The van der Waals surface area contributed by atoms with Gasteiger partial charge in [0.1, 0.15) is 11.4 Å². The standard InChI is InChI=1S/C19H23N5O2/c1-12-9-14(3)24(23-12)11-13(2)20-19(25)18-10-17(21-22-18)15-5-7-16(26-4)8-6-15/h5-10,13H,11H2,1-4H3,(H,20,25)(H,21,22)/t13-/m0/s1. The van der Waals surface area contributed by atoms with Crippen molar-refractivity contribution in [2.24, 2.45) is 0 Å². The average Bonchev–Trinajstić information content (AvgIpc) is 3.22. The third-order valence-electron chi connectivity index (χ3n) is 4.14. The van der Waals surface area contributed by atoms with Gasteiger partial charge in [-0.3, -0.25) is 14.6 Å². The van der Waals surface area contributed by atoms with Gasteiger partial charge in [-0.2, -0.15) is 10.2 Å². The molecule has 26 heavy (non-hydrogen) atoms. The summed E-state index contributed by atoms with van der Waals surface area (Å²) in [5, 5.41) is 14.4. The Labute approximate surface area is 152 Å². The summed E-state index contributed by atoms with van der Waals surface area (Å²) in [7, 11) is 1.62. The first-order valence-electron chi connectivity index (χ1n) is 8.48. The number of amides is 1. The van der Waals surface area contributed by atoms with Crippen LogP contribution in [0.15, 0.2) is 36.4 Å². The highest BCUT2D eigenvalue weighted by Gasteiger charge is 2.15. The molecule has 3 rings (SSSR count). The fourth-order valence-corrected chi connectivity index (χ4v) is 2.81. The Morgan fingerprint density at radius 1 is 1.27 bits per heavy atom. The van der Waals surface area contributed by atoms with Gasteiger partial charge in [0.05, 0.1) is 25.0 Å². The molecule has 136 valence electrons. The van der Waals surface area contributed by atoms with Crippen LogP contribution in [0.5, 0.6) is 5.75 Å². The lowest BCUT2D eigenvalue weighted by Gasteiger charge is -2.14. The van der Waals surface area contributed by atoms with Crippen molar-refractivity contribution in [3.05, 3.63) is 53.5 Å². The molecule has 0 aliphatic carbocycles. The summed E-state index contributed by atoms with van der Waals surface area (Å²) in [4.78, 5) is 12.4. The minimum Gasteiger partial charge on any atom is -0.497 e. The second kappa shape index (κ2) is 7.43. The van der Waals surface area contributed by atoms with Crippen LogP contribution in [0.4, 0.5) is 0 Å². The van der Waals surface area contributed by atoms with Gasteiger partial charge in [0.25, 0.3) is 5.91 Å². The Morgan fingerprint density at radius 2 is 2.00 bits per heavy atom. The van der Waals surface area contributed by atoms with Crippen molar-refractivity contribution in [2.75, 3.05) is 7.11 Å². The topological polar surface area (TPSA) is 84.8 Å². The van der Waals surface area contributed by atoms with E-state index >= 15 is 0 Å². The van der Waals surface area contributed by atoms with Gasteiger partial charge >= 0.3 is 0 Å². The van der Waals surface area contributed by atoms with Crippen molar-refractivity contribution in [1.29, 1.82) is 0 Å². The maximum absolute atomic E-state index is 12.4. The number of hydrogen-bond acceptors (Lipinski definition) is 4. The number of aromatic amines is 1. The van der Waals surface area contributed by atoms with E-state index in [1.807, 2.05) is 55.8 Å². The quantitative estimate of drug-likeness (QED) is 0.713. The summed E-state index contributed by atoms with van der Waals surface area (Å²) in [6.45, 7) is 6.53. The Morgan fingerprint density at radius 3 is 2.62 bits per heavy atom. The predicted molar refractivity (Wildman–Crippen MR) is 99.2 cm³/mol. The zero-order valence-corrected chi connectivity index (χ0v) is 15.4. The van der Waals surface area contributed by atoms with Crippen LogP contribution in [0.1, 0.15) is 28.8 Å². The minimum absolute atomic E-state index is 0.0618. The second-order valence-electron chi connectivity index (χ2n) is 6.38. The minimum atomic E-state index is -0.189. The van der Waals surface area contributed by atoms with Crippen LogP contribution in [-0.4, -0.2) is 39.0 Å². The maximum Gasteiger partial charge on any atom is 0.269 e. The van der Waals surface area contributed by atoms with Crippen LogP contribution >= 0.6 is 0 Å². The molecule has 2 N–H and O–H groups in total. The number of aromatic nitrogens is 4. The highest BCUT2D eigenvalue weighted by Crippen LogP contribution is 2.21. The predicted octanol–water partition coefficient (Wildman–Crippen LogP) is 2.72. The third kappa shape index (κ3) is 3.93. The molecule has 7 nitrogen and oxygen atoms in total. The van der Waals surface area contributed by atoms with E-state index in [9.17, 15) is 4.79 Å². The average molecular weight is 353 g/mol. The normalized spacial score (nSPS) is 12.0. The van der Waals surface area contributed by atoms with Crippen LogP contribution in [-0.2, 0) is 6.54 Å². The number of nitrogens with one attached hydrogen (secondary N) is 2. The zero-order chi connectivity index (χ0) is 18.7. The molecule has 0 bridgehead atoms. The monoisotopic (exact) mass is 353 g/mol. The number of benzene rings is 1. The lowest BCUT2D eigenvalue weighted by Crippen LogP contribution is -2.36. The lowest BCUT2D eigenvalue weighted by atomic mass is 10.1. The fourth-order valence-electron chi connectivity index (χ4n) is 2.81. The Hall–Kier alpha value is -3.09. The smallest absolute Gasteiger partial charge is 0.269 e. The molecule has 0 spiro atoms. The molecule has 7 heteroatoms. The van der Waals surface area contributed by atoms with Gasteiger partial charge in [0, 0.05) is 17.3 Å². The van der Waals surface area contributed by atoms with Crippen LogP contribution in [0.2, 0.25) is 0 Å². The van der Waals surface area contributed by atoms with Crippen molar-refractivity contribution < 1.29 is 9.53 Å². The SMILES string of the molecule is COc1ccc(-c2cc(C(=O)N[C@@H](C)Cn3nc(C)cc3C)[nH]n2)cc1. The first-order valence-corrected chi connectivity index (χ1v) is 8.48. The van der Waals surface area contributed by atoms with Crippen molar-refractivity contribution in [3.8, 4) is 17.0 Å². The van der Waals surface area contributed by atoms with E-state index in [0.717, 1.165) is 22.7 Å². The van der Waals surface area contributed by atoms with E-state index in [1.165, 1.54) is 0 Å². The number of carbonyl (C=O) groups excluding carboxylic acids is 1. The third-order valence-corrected chi connectivity index (χ3v) is 4.14. The summed E-state index contributed by atoms with van der Waals surface area (Å²) in [5.41, 5.74) is 4.10. The van der Waals surface area contributed by atoms with Crippen LogP contribution in [0, 0.1) is 13.8 Å². The Balaban J connectivity index is 1.64. The summed E-state index contributed by atoms with van der Waals surface area (Å²) < 4.78 is 7.05. The molecule has 0 radical (unpaired) electrons. The van der Waals surface area contributed by atoms with Crippen molar-refractivity contribution >= 4 is 5.91 Å². The molecule has 0 fully saturated rings. The van der Waals surface area contributed by atoms with Crippen molar-refractivity contribution in [2.45, 2.75) is 33.4 Å². The summed E-state index contributed by atoms with van der Waals surface area (Å²) in [6, 6.07) is 11.2. The first-order chi connectivity index (χ1) is 12.5. The number of methoxy groups -OCH3 is 1. The van der Waals surface area contributed by atoms with E-state index in [2.05, 4.69) is 20.6 Å². The number of hydrogen-bond donors (Lipinski definition) is 2. The molecule has 1 aromatic carbocycles. The molecule has 0 aliphatic heterocycles. The maximum atomic E-state index is 12.4. The highest BCUT2D eigenvalue weighted by atomic mass is 16.5. The van der Waals surface area contributed by atoms with E-state index in [1.54, 1.807) is 13.2 Å². The number of rotatable bonds is 6. The van der Waals surface area contributed by atoms with Gasteiger partial charge in [-0.05, 0) is 57.2 Å². The van der Waals surface area contributed by atoms with Crippen molar-refractivity contribution in [1.82, 2.24) is 25.3 Å². The molecule has 1 atom stereocenters. The summed E-state index contributed by atoms with van der Waals surface area (Å²) >= 11 is 0. The molecule has 2 aromatic heterocycles. The fraction of sp³-hybridized carbons (Fsp3) is 0.316. The molecule has 3 aromatic rings. The highest BCUT2D eigenvalue weighted by molar-refractivity contribution is 5.93. The van der Waals surface area contributed by atoms with Gasteiger partial charge in [0.15, 0.2) is 0 Å². The van der Waals surface area contributed by atoms with Gasteiger partial charge in [0.2, 0.25) is 0 Å². The molecular weight excluding hydrogens is 330 g/mol. The summed E-state index contributed by atoms with van der Waals surface area (Å²) in [6.07, 6.45) is 0. The molecule has 0 unspecified atom stereocenters. The van der Waals surface area contributed by atoms with E-state index < -0.39 is 0 Å². The molecule has 1 amide bonds. The molecule has 2 heterocycles.